The molecule has 0 radical (unpaired) electrons. The zero-order valence-electron chi connectivity index (χ0n) is 49.0. The van der Waals surface area contributed by atoms with Crippen LogP contribution in [0.2, 0.25) is 0 Å². The highest BCUT2D eigenvalue weighted by molar-refractivity contribution is 6.03. The molecule has 1 heteroatoms. The Kier molecular flexibility index (Phi) is 10.8. The second kappa shape index (κ2) is 17.6. The summed E-state index contributed by atoms with van der Waals surface area (Å²) < 4.78 is 0. The second-order valence-electron chi connectivity index (χ2n) is 26.8. The maximum absolute atomic E-state index is 2.58. The number of hydrogen-bond donors (Lipinski definition) is 0. The molecule has 4 aliphatic rings. The molecule has 0 aromatic heterocycles. The molecule has 11 aromatic carbocycles. The average Bonchev–Trinajstić information content (AvgIpc) is 1.67. The molecule has 398 valence electrons. The third-order valence-corrected chi connectivity index (χ3v) is 19.4. The molecular weight excluding hydrogens is 987 g/mol. The van der Waals surface area contributed by atoms with Gasteiger partial charge in [0.15, 0.2) is 0 Å². The van der Waals surface area contributed by atoms with Crippen LogP contribution in [0, 0.1) is 0 Å². The van der Waals surface area contributed by atoms with Gasteiger partial charge in [-0.2, -0.15) is 0 Å². The van der Waals surface area contributed by atoms with Gasteiger partial charge in [0.05, 0.1) is 16.8 Å². The molecule has 0 bridgehead atoms. The predicted octanol–water partition coefficient (Wildman–Crippen LogP) is 21.7. The lowest BCUT2D eigenvalue weighted by atomic mass is 9.70. The van der Waals surface area contributed by atoms with Gasteiger partial charge in [0, 0.05) is 27.6 Å². The number of hydrogen-bond acceptors (Lipinski definition) is 1. The molecule has 0 saturated carbocycles. The number of nitrogens with zero attached hydrogens (tertiary/aromatic N) is 1. The number of benzene rings is 11. The fourth-order valence-corrected chi connectivity index (χ4v) is 15.4. The molecule has 1 spiro atoms. The summed E-state index contributed by atoms with van der Waals surface area (Å²) in [4.78, 5) is 2.58. The summed E-state index contributed by atoms with van der Waals surface area (Å²) in [7, 11) is 0. The number of para-hydroxylation sites is 1. The Morgan fingerprint density at radius 1 is 0.280 bits per heavy atom. The van der Waals surface area contributed by atoms with Crippen molar-refractivity contribution < 1.29 is 0 Å². The van der Waals surface area contributed by atoms with Crippen LogP contribution in [0.1, 0.15) is 125 Å². The SMILES string of the molecule is CC(C)(C)c1ccc2c(c1)-c1cc(C(C)(C)C)ccc1C21c2ccccc2-c2c(N(c3ccc(-c4ccccc4-c4cccc5c4C(C)(C)c4ccccc4-5)cc3)c3ccccc3-c3ccc4c(c3)C(C)(C)c3ccccc3-4)cccc21. The zero-order valence-corrected chi connectivity index (χ0v) is 49.0. The van der Waals surface area contributed by atoms with Crippen LogP contribution in [0.4, 0.5) is 17.1 Å². The molecule has 4 aliphatic carbocycles. The second-order valence-corrected chi connectivity index (χ2v) is 26.8. The van der Waals surface area contributed by atoms with Gasteiger partial charge in [-0.15, -0.1) is 0 Å². The number of rotatable bonds is 6. The lowest BCUT2D eigenvalue weighted by Crippen LogP contribution is -2.26. The average molecular weight is 1060 g/mol. The molecule has 0 atom stereocenters. The highest BCUT2D eigenvalue weighted by Gasteiger charge is 2.53. The van der Waals surface area contributed by atoms with Crippen LogP contribution >= 0.6 is 0 Å². The summed E-state index contributed by atoms with van der Waals surface area (Å²) in [6, 6.07) is 91.0. The predicted molar refractivity (Wildman–Crippen MR) is 346 cm³/mol. The third-order valence-electron chi connectivity index (χ3n) is 19.4. The van der Waals surface area contributed by atoms with Crippen LogP contribution in [0.5, 0.6) is 0 Å². The van der Waals surface area contributed by atoms with E-state index in [1.165, 1.54) is 134 Å². The van der Waals surface area contributed by atoms with Gasteiger partial charge in [-0.25, -0.2) is 0 Å². The summed E-state index contributed by atoms with van der Waals surface area (Å²) in [6.07, 6.45) is 0. The molecule has 0 unspecified atom stereocenters. The van der Waals surface area contributed by atoms with Crippen LogP contribution in [0.15, 0.2) is 237 Å². The van der Waals surface area contributed by atoms with Crippen LogP contribution in [-0.4, -0.2) is 0 Å². The first-order valence-electron chi connectivity index (χ1n) is 29.6. The van der Waals surface area contributed by atoms with Gasteiger partial charge in [0.1, 0.15) is 0 Å². The highest BCUT2D eigenvalue weighted by Crippen LogP contribution is 2.66. The van der Waals surface area contributed by atoms with E-state index in [4.69, 9.17) is 0 Å². The van der Waals surface area contributed by atoms with Gasteiger partial charge in [0.2, 0.25) is 0 Å². The third kappa shape index (κ3) is 7.05. The summed E-state index contributed by atoms with van der Waals surface area (Å²) >= 11 is 0. The number of fused-ring (bicyclic) bond motifs is 16. The molecule has 82 heavy (non-hydrogen) atoms. The van der Waals surface area contributed by atoms with E-state index in [0.29, 0.717) is 0 Å². The first kappa shape index (κ1) is 50.2. The van der Waals surface area contributed by atoms with E-state index in [9.17, 15) is 0 Å². The first-order chi connectivity index (χ1) is 39.5. The van der Waals surface area contributed by atoms with Crippen LogP contribution < -0.4 is 4.90 Å². The van der Waals surface area contributed by atoms with Gasteiger partial charge >= 0.3 is 0 Å². The smallest absolute Gasteiger partial charge is 0.0726 e. The fourth-order valence-electron chi connectivity index (χ4n) is 15.4. The summed E-state index contributed by atoms with van der Waals surface area (Å²) in [6.45, 7) is 23.6. The van der Waals surface area contributed by atoms with Gasteiger partial charge in [0.25, 0.3) is 0 Å². The molecule has 1 nitrogen and oxygen atoms in total. The Hall–Kier alpha value is -8.78. The molecule has 0 heterocycles. The van der Waals surface area contributed by atoms with Crippen molar-refractivity contribution in [1.29, 1.82) is 0 Å². The first-order valence-corrected chi connectivity index (χ1v) is 29.6. The quantitative estimate of drug-likeness (QED) is 0.160. The zero-order chi connectivity index (χ0) is 56.2. The molecule has 0 N–H and O–H groups in total. The monoisotopic (exact) mass is 1060 g/mol. The molecular formula is C81H69N. The molecule has 0 fully saturated rings. The molecule has 0 saturated heterocycles. The van der Waals surface area contributed by atoms with Crippen molar-refractivity contribution in [2.45, 2.75) is 96.3 Å². The minimum atomic E-state index is -0.535. The molecule has 0 aliphatic heterocycles. The molecule has 15 rings (SSSR count). The van der Waals surface area contributed by atoms with E-state index in [1.807, 2.05) is 0 Å². The minimum Gasteiger partial charge on any atom is -0.309 e. The van der Waals surface area contributed by atoms with E-state index >= 15 is 0 Å². The van der Waals surface area contributed by atoms with Crippen LogP contribution in [0.25, 0.3) is 77.9 Å². The largest absolute Gasteiger partial charge is 0.309 e. The Balaban J connectivity index is 0.953. The van der Waals surface area contributed by atoms with Crippen molar-refractivity contribution in [1.82, 2.24) is 0 Å². The lowest BCUT2D eigenvalue weighted by molar-refractivity contribution is 0.589. The van der Waals surface area contributed by atoms with Crippen molar-refractivity contribution in [2.75, 3.05) is 4.90 Å². The summed E-state index contributed by atoms with van der Waals surface area (Å²) in [5, 5.41) is 0. The van der Waals surface area contributed by atoms with Gasteiger partial charge in [-0.05, 0) is 164 Å². The summed E-state index contributed by atoms with van der Waals surface area (Å²) in [5.41, 5.74) is 34.1. The van der Waals surface area contributed by atoms with E-state index in [1.54, 1.807) is 0 Å². The molecule has 0 amide bonds. The normalized spacial score (nSPS) is 15.0. The van der Waals surface area contributed by atoms with Crippen molar-refractivity contribution >= 4 is 17.1 Å². The van der Waals surface area contributed by atoms with E-state index in [2.05, 4.69) is 311 Å². The maximum Gasteiger partial charge on any atom is 0.0726 e. The van der Waals surface area contributed by atoms with E-state index in [-0.39, 0.29) is 21.7 Å². The Bertz CT molecular complexity index is 4400. The van der Waals surface area contributed by atoms with E-state index in [0.717, 1.165) is 17.1 Å². The standard InChI is InChI=1S/C81H69N/c1-77(2,3)52-40-45-69-64(48-52)65-49-53(78(4,5)6)41-46-70(65)81(69)68-33-19-15-28-63(68)75-71(81)34-22-36-74(75)82(73-35-20-16-24-56(73)51-39-44-60-58-26-13-17-31-66(58)79(7,8)72(60)47-51)54-42-37-50(38-43-54)55-23-11-12-25-57(55)61-29-21-30-62-59-27-14-18-32-67(59)80(9,10)76(61)62/h11-49H,1-10H3. The van der Waals surface area contributed by atoms with Crippen molar-refractivity contribution in [3.8, 4) is 77.9 Å². The van der Waals surface area contributed by atoms with Crippen LogP contribution in [-0.2, 0) is 27.1 Å². The lowest BCUT2D eigenvalue weighted by Gasteiger charge is -2.33. The minimum absolute atomic E-state index is 0.0135. The van der Waals surface area contributed by atoms with Gasteiger partial charge < -0.3 is 4.90 Å². The van der Waals surface area contributed by atoms with E-state index < -0.39 is 5.41 Å². The van der Waals surface area contributed by atoms with Crippen molar-refractivity contribution in [3.63, 3.8) is 0 Å². The molecule has 11 aromatic rings. The Morgan fingerprint density at radius 2 is 0.720 bits per heavy atom. The summed E-state index contributed by atoms with van der Waals surface area (Å²) in [5.74, 6) is 0. The van der Waals surface area contributed by atoms with Crippen LogP contribution in [0.3, 0.4) is 0 Å². The fraction of sp³-hybridized carbons (Fsp3) is 0.185. The number of anilines is 3. The topological polar surface area (TPSA) is 3.24 Å². The maximum atomic E-state index is 2.58. The Labute approximate surface area is 485 Å². The van der Waals surface area contributed by atoms with Crippen molar-refractivity contribution in [2.24, 2.45) is 0 Å². The Morgan fingerprint density at radius 3 is 1.35 bits per heavy atom. The van der Waals surface area contributed by atoms with Gasteiger partial charge in [-0.1, -0.05) is 275 Å². The van der Waals surface area contributed by atoms with Crippen molar-refractivity contribution in [3.05, 3.63) is 292 Å². The highest BCUT2D eigenvalue weighted by atomic mass is 15.1. The van der Waals surface area contributed by atoms with Gasteiger partial charge in [-0.3, -0.25) is 0 Å².